The molecule has 0 saturated carbocycles. The number of carbonyl (C=O) groups excluding carboxylic acids is 3. The summed E-state index contributed by atoms with van der Waals surface area (Å²) < 4.78 is 10.5. The molecule has 8 nitrogen and oxygen atoms in total. The summed E-state index contributed by atoms with van der Waals surface area (Å²) in [7, 11) is 0. The van der Waals surface area contributed by atoms with Gasteiger partial charge in [0.05, 0.1) is 5.56 Å². The lowest BCUT2D eigenvalue weighted by atomic mass is 9.97. The first-order chi connectivity index (χ1) is 14.2. The third kappa shape index (κ3) is 5.83. The Morgan fingerprint density at radius 2 is 1.73 bits per heavy atom. The molecule has 1 aliphatic heterocycles. The first kappa shape index (κ1) is 22.9. The van der Waals surface area contributed by atoms with Crippen LogP contribution in [0.15, 0.2) is 35.5 Å². The number of hydrogen-bond donors (Lipinski definition) is 1. The molecule has 0 spiro atoms. The van der Waals surface area contributed by atoms with Crippen LogP contribution in [0, 0.1) is 11.3 Å². The van der Waals surface area contributed by atoms with Crippen molar-refractivity contribution in [3.63, 3.8) is 0 Å². The number of likely N-dealkylation sites (tertiary alicyclic amines) is 1. The van der Waals surface area contributed by atoms with E-state index in [0.717, 1.165) is 19.3 Å². The lowest BCUT2D eigenvalue weighted by Crippen LogP contribution is -2.49. The zero-order chi connectivity index (χ0) is 22.3. The van der Waals surface area contributed by atoms with Gasteiger partial charge in [-0.2, -0.15) is 5.26 Å². The topological polar surface area (TPSA) is 123 Å². The zero-order valence-corrected chi connectivity index (χ0v) is 17.5. The standard InChI is InChI=1S/C22H27N3O5/c1-14-5-4-6-15(2)25(14)21(27)13-29-18-9-7-17(8-10-18)22(28)30-12-20(26)19(11-23)16(3)24/h7-10,14-15H,4-6,12-13,24H2,1-3H3/b19-16-. The molecule has 1 heterocycles. The van der Waals surface area contributed by atoms with Gasteiger partial charge in [0.25, 0.3) is 5.91 Å². The maximum atomic E-state index is 12.5. The zero-order valence-electron chi connectivity index (χ0n) is 17.5. The predicted octanol–water partition coefficient (Wildman–Crippen LogP) is 2.34. The van der Waals surface area contributed by atoms with Crippen LogP contribution in [0.1, 0.15) is 50.4 Å². The second-order valence-electron chi connectivity index (χ2n) is 7.41. The van der Waals surface area contributed by atoms with Gasteiger partial charge in [-0.25, -0.2) is 4.79 Å². The summed E-state index contributed by atoms with van der Waals surface area (Å²) in [6, 6.07) is 8.16. The van der Waals surface area contributed by atoms with Gasteiger partial charge in [-0.1, -0.05) is 0 Å². The fraction of sp³-hybridized carbons (Fsp3) is 0.455. The van der Waals surface area contributed by atoms with Gasteiger partial charge in [-0.3, -0.25) is 9.59 Å². The molecule has 1 saturated heterocycles. The van der Waals surface area contributed by atoms with E-state index < -0.39 is 18.4 Å². The van der Waals surface area contributed by atoms with Crippen LogP contribution < -0.4 is 10.5 Å². The molecule has 1 aliphatic rings. The van der Waals surface area contributed by atoms with E-state index in [9.17, 15) is 14.4 Å². The maximum absolute atomic E-state index is 12.5. The molecule has 1 aromatic rings. The number of allylic oxidation sites excluding steroid dienone is 1. The van der Waals surface area contributed by atoms with Gasteiger partial charge in [0, 0.05) is 17.8 Å². The highest BCUT2D eigenvalue weighted by Crippen LogP contribution is 2.23. The minimum atomic E-state index is -0.714. The van der Waals surface area contributed by atoms with E-state index in [1.807, 2.05) is 18.7 Å². The Bertz CT molecular complexity index is 856. The molecule has 8 heteroatoms. The summed E-state index contributed by atoms with van der Waals surface area (Å²) in [4.78, 5) is 38.3. The third-order valence-electron chi connectivity index (χ3n) is 5.05. The largest absolute Gasteiger partial charge is 0.484 e. The highest BCUT2D eigenvalue weighted by molar-refractivity contribution is 6.02. The van der Waals surface area contributed by atoms with Crippen molar-refractivity contribution in [2.75, 3.05) is 13.2 Å². The molecular formula is C22H27N3O5. The molecule has 0 bridgehead atoms. The third-order valence-corrected chi connectivity index (χ3v) is 5.05. The molecule has 0 aromatic heterocycles. The molecule has 1 amide bonds. The minimum absolute atomic E-state index is 0.0618. The fourth-order valence-electron chi connectivity index (χ4n) is 3.48. The molecule has 2 unspecified atom stereocenters. The van der Waals surface area contributed by atoms with E-state index in [1.54, 1.807) is 18.2 Å². The van der Waals surface area contributed by atoms with E-state index in [4.69, 9.17) is 20.5 Å². The van der Waals surface area contributed by atoms with Gasteiger partial charge in [0.15, 0.2) is 13.2 Å². The maximum Gasteiger partial charge on any atom is 0.338 e. The van der Waals surface area contributed by atoms with Crippen molar-refractivity contribution in [2.24, 2.45) is 5.73 Å². The Hall–Kier alpha value is -3.34. The molecule has 1 fully saturated rings. The number of rotatable bonds is 7. The average molecular weight is 413 g/mol. The average Bonchev–Trinajstić information content (AvgIpc) is 2.71. The summed E-state index contributed by atoms with van der Waals surface area (Å²) in [5.41, 5.74) is 5.51. The normalized spacial score (nSPS) is 19.3. The number of ketones is 1. The van der Waals surface area contributed by atoms with Crippen LogP contribution >= 0.6 is 0 Å². The van der Waals surface area contributed by atoms with E-state index >= 15 is 0 Å². The highest BCUT2D eigenvalue weighted by atomic mass is 16.5. The Labute approximate surface area is 176 Å². The number of carbonyl (C=O) groups is 3. The first-order valence-electron chi connectivity index (χ1n) is 9.85. The Kier molecular flexibility index (Phi) is 7.98. The van der Waals surface area contributed by atoms with Crippen LogP contribution in [-0.4, -0.2) is 47.9 Å². The summed E-state index contributed by atoms with van der Waals surface area (Å²) in [6.07, 6.45) is 3.11. The van der Waals surface area contributed by atoms with Crippen molar-refractivity contribution in [3.8, 4) is 11.8 Å². The SMILES string of the molecule is C/C(N)=C(\C#N)C(=O)COC(=O)c1ccc(OCC(=O)N2C(C)CCCC2C)cc1. The van der Waals surface area contributed by atoms with Gasteiger partial charge in [0.2, 0.25) is 5.78 Å². The van der Waals surface area contributed by atoms with E-state index in [1.165, 1.54) is 19.1 Å². The number of esters is 1. The fourth-order valence-corrected chi connectivity index (χ4v) is 3.48. The molecule has 1 aromatic carbocycles. The van der Waals surface area contributed by atoms with Crippen LogP contribution in [0.2, 0.25) is 0 Å². The van der Waals surface area contributed by atoms with Crippen LogP contribution in [-0.2, 0) is 14.3 Å². The number of Topliss-reactive ketones (excluding diaryl/α,β-unsaturated/α-hetero) is 1. The van der Waals surface area contributed by atoms with Crippen LogP contribution in [0.4, 0.5) is 0 Å². The number of ether oxygens (including phenoxy) is 2. The van der Waals surface area contributed by atoms with Gasteiger partial charge in [-0.15, -0.1) is 0 Å². The summed E-state index contributed by atoms with van der Waals surface area (Å²) in [5, 5.41) is 8.89. The molecular weight excluding hydrogens is 386 g/mol. The van der Waals surface area contributed by atoms with Crippen LogP contribution in [0.3, 0.4) is 0 Å². The van der Waals surface area contributed by atoms with Crippen molar-refractivity contribution in [2.45, 2.75) is 52.1 Å². The Morgan fingerprint density at radius 1 is 1.13 bits per heavy atom. The van der Waals surface area contributed by atoms with Crippen molar-refractivity contribution < 1.29 is 23.9 Å². The second kappa shape index (κ2) is 10.4. The molecule has 0 aliphatic carbocycles. The minimum Gasteiger partial charge on any atom is -0.484 e. The highest BCUT2D eigenvalue weighted by Gasteiger charge is 2.29. The molecule has 30 heavy (non-hydrogen) atoms. The number of nitriles is 1. The number of nitrogens with two attached hydrogens (primary N) is 1. The van der Waals surface area contributed by atoms with E-state index in [0.29, 0.717) is 5.75 Å². The van der Waals surface area contributed by atoms with Crippen molar-refractivity contribution in [3.05, 3.63) is 41.1 Å². The van der Waals surface area contributed by atoms with Gasteiger partial charge >= 0.3 is 5.97 Å². The summed E-state index contributed by atoms with van der Waals surface area (Å²) >= 11 is 0. The van der Waals surface area contributed by atoms with Gasteiger partial charge in [-0.05, 0) is 64.3 Å². The second-order valence-corrected chi connectivity index (χ2v) is 7.41. The van der Waals surface area contributed by atoms with Crippen molar-refractivity contribution in [1.82, 2.24) is 4.90 Å². The first-order valence-corrected chi connectivity index (χ1v) is 9.85. The van der Waals surface area contributed by atoms with Crippen LogP contribution in [0.5, 0.6) is 5.75 Å². The molecule has 0 radical (unpaired) electrons. The molecule has 2 rings (SSSR count). The summed E-state index contributed by atoms with van der Waals surface area (Å²) in [5.74, 6) is -0.991. The Morgan fingerprint density at radius 3 is 2.27 bits per heavy atom. The molecule has 160 valence electrons. The van der Waals surface area contributed by atoms with Gasteiger partial charge < -0.3 is 20.1 Å². The number of benzene rings is 1. The lowest BCUT2D eigenvalue weighted by Gasteiger charge is -2.38. The number of nitrogens with zero attached hydrogens (tertiary/aromatic N) is 2. The summed E-state index contributed by atoms with van der Waals surface area (Å²) in [6.45, 7) is 4.87. The van der Waals surface area contributed by atoms with Gasteiger partial charge in [0.1, 0.15) is 17.4 Å². The predicted molar refractivity (Wildman–Crippen MR) is 109 cm³/mol. The lowest BCUT2D eigenvalue weighted by molar-refractivity contribution is -0.139. The number of hydrogen-bond acceptors (Lipinski definition) is 7. The number of amides is 1. The molecule has 2 atom stereocenters. The van der Waals surface area contributed by atoms with E-state index in [2.05, 4.69) is 0 Å². The Balaban J connectivity index is 1.88. The smallest absolute Gasteiger partial charge is 0.338 e. The van der Waals surface area contributed by atoms with Crippen molar-refractivity contribution >= 4 is 17.7 Å². The molecule has 2 N–H and O–H groups in total. The van der Waals surface area contributed by atoms with Crippen LogP contribution in [0.25, 0.3) is 0 Å². The monoisotopic (exact) mass is 413 g/mol. The quantitative estimate of drug-likeness (QED) is 0.413. The van der Waals surface area contributed by atoms with E-state index in [-0.39, 0.29) is 41.4 Å². The number of piperidine rings is 1. The van der Waals surface area contributed by atoms with Crippen molar-refractivity contribution in [1.29, 1.82) is 5.26 Å².